The Labute approximate surface area is 368 Å². The lowest BCUT2D eigenvalue weighted by atomic mass is 9.91. The zero-order valence-corrected chi connectivity index (χ0v) is 31.8. The molecule has 0 radical (unpaired) electrons. The molecule has 0 aliphatic carbocycles. The number of benzene rings is 10. The molecule has 4 nitrogen and oxygen atoms in total. The number of anilines is 6. The molecule has 0 atom stereocenters. The molecule has 0 saturated heterocycles. The van der Waals surface area contributed by atoms with Gasteiger partial charge in [-0.25, -0.2) is 22.4 Å². The first-order valence-corrected chi connectivity index (χ1v) is 18.9. The van der Waals surface area contributed by atoms with E-state index in [1.807, 2.05) is 0 Å². The largest absolute Gasteiger partial charge is 0.307 e. The molecule has 0 N–H and O–H groups in total. The summed E-state index contributed by atoms with van der Waals surface area (Å²) in [5.74, 6) is -4.53. The summed E-state index contributed by atoms with van der Waals surface area (Å²) in [4.78, 5) is 6.41. The molecule has 10 rings (SSSR count). The smallest absolute Gasteiger partial charge is 0.187 e. The Kier molecular flexibility index (Phi) is 6.93. The summed E-state index contributed by atoms with van der Waals surface area (Å²) in [7, 11) is 0. The second-order valence-electron chi connectivity index (χ2n) is 14.1. The van der Waals surface area contributed by atoms with Gasteiger partial charge >= 0.3 is 0 Å². The highest BCUT2D eigenvalue weighted by Crippen LogP contribution is 2.49. The van der Waals surface area contributed by atoms with Crippen molar-refractivity contribution in [3.8, 4) is 28.3 Å². The van der Waals surface area contributed by atoms with Gasteiger partial charge in [-0.1, -0.05) is 109 Å². The van der Waals surface area contributed by atoms with Crippen LogP contribution in [0.3, 0.4) is 0 Å². The van der Waals surface area contributed by atoms with Crippen molar-refractivity contribution in [2.45, 2.75) is 0 Å². The first-order valence-electron chi connectivity index (χ1n) is 23.9. The zero-order chi connectivity index (χ0) is 51.2. The van der Waals surface area contributed by atoms with Gasteiger partial charge in [0.15, 0.2) is 5.69 Å². The Balaban J connectivity index is 1.25. The van der Waals surface area contributed by atoms with Gasteiger partial charge in [0.2, 0.25) is 0 Å². The van der Waals surface area contributed by atoms with Gasteiger partial charge in [0.1, 0.15) is 23.3 Å². The summed E-state index contributed by atoms with van der Waals surface area (Å²) in [6.45, 7) is 7.58. The lowest BCUT2D eigenvalue weighted by Crippen LogP contribution is -2.14. The predicted molar refractivity (Wildman–Crippen MR) is 241 cm³/mol. The number of hydrogen-bond acceptors (Lipinski definition) is 3. The van der Waals surface area contributed by atoms with E-state index in [-0.39, 0.29) is 28.3 Å². The maximum atomic E-state index is 16.7. The molecule has 10 aromatic rings. The van der Waals surface area contributed by atoms with Crippen molar-refractivity contribution in [2.24, 2.45) is 0 Å². The Morgan fingerprint density at radius 3 is 1.32 bits per heavy atom. The van der Waals surface area contributed by atoms with Gasteiger partial charge in [0, 0.05) is 45.4 Å². The van der Waals surface area contributed by atoms with E-state index >= 15 is 17.6 Å². The molecule has 0 aliphatic rings. The molecule has 0 aromatic heterocycles. The average molecular weight is 821 g/mol. The van der Waals surface area contributed by atoms with Crippen LogP contribution in [0, 0.1) is 41.2 Å². The molecule has 294 valence electrons. The third kappa shape index (κ3) is 6.39. The van der Waals surface area contributed by atoms with Gasteiger partial charge in [-0.2, -0.15) is 5.26 Å². The second-order valence-corrected chi connectivity index (χ2v) is 14.1. The molecule has 0 bridgehead atoms. The molecular weight excluding hydrogens is 781 g/mol. The van der Waals surface area contributed by atoms with Gasteiger partial charge in [0.05, 0.1) is 54.7 Å². The van der Waals surface area contributed by atoms with Gasteiger partial charge in [-0.15, -0.1) is 0 Å². The summed E-state index contributed by atoms with van der Waals surface area (Å²) in [5, 5.41) is 13.3. The highest BCUT2D eigenvalue weighted by Gasteiger charge is 2.26. The highest BCUT2D eigenvalue weighted by molar-refractivity contribution is 6.28. The Hall–Kier alpha value is -8.46. The third-order valence-corrected chi connectivity index (χ3v) is 10.7. The molecule has 0 aliphatic heterocycles. The molecule has 0 fully saturated rings. The van der Waals surface area contributed by atoms with Crippen LogP contribution in [0.1, 0.15) is 19.3 Å². The van der Waals surface area contributed by atoms with Crippen molar-refractivity contribution >= 4 is 72.1 Å². The Morgan fingerprint density at radius 2 is 0.903 bits per heavy atom. The molecule has 0 saturated carbocycles. The summed E-state index contributed by atoms with van der Waals surface area (Å²) in [6.07, 6.45) is 0. The SMILES string of the molecule is [2H]c1c([2H])c([2H])c(-c2cc(N(c3ccc(C#N)cc3)c3ccc4ccc5c(N(c6ccc([N+]#[C-])cc6)c6cc(-c7c([2H])c([2H])c([2H])c([2H])c7[2H])c(F)cc6F)ccc6ccc3c4c65)c(F)cc2F)c([2H])c1[2H]. The van der Waals surface area contributed by atoms with Crippen LogP contribution in [0.25, 0.3) is 59.4 Å². The standard InChI is InChI=1S/C54H30F4N4/c1-60-38-18-22-40(23-19-38)62(52-29-44(46(56)31-48(52)58)35-10-6-3-7-11-35)50-27-17-37-14-24-41-49(26-16-36-15-25-42(50)54(37)53(36)41)61(39-20-12-33(32-59)13-21-39)51-28-43(45(55)30-47(51)57)34-8-4-2-5-9-34/h2-31H/i2D,3D,4D,5D,6D,7D,8D,9D,10D,11D. The van der Waals surface area contributed by atoms with Gasteiger partial charge < -0.3 is 9.80 Å². The van der Waals surface area contributed by atoms with Crippen molar-refractivity contribution in [1.29, 1.82) is 5.26 Å². The van der Waals surface area contributed by atoms with Crippen molar-refractivity contribution in [2.75, 3.05) is 9.80 Å². The predicted octanol–water partition coefficient (Wildman–Crippen LogP) is 15.8. The molecule has 10 aromatic carbocycles. The van der Waals surface area contributed by atoms with E-state index in [0.717, 1.165) is 12.1 Å². The topological polar surface area (TPSA) is 34.6 Å². The molecule has 0 spiro atoms. The maximum Gasteiger partial charge on any atom is 0.187 e. The van der Waals surface area contributed by atoms with E-state index in [1.54, 1.807) is 72.8 Å². The van der Waals surface area contributed by atoms with Crippen LogP contribution < -0.4 is 9.80 Å². The summed E-state index contributed by atoms with van der Waals surface area (Å²) in [5.41, 5.74) is -0.732. The van der Waals surface area contributed by atoms with Crippen molar-refractivity contribution in [3.63, 3.8) is 0 Å². The molecule has 8 heteroatoms. The average Bonchev–Trinajstić information content (AvgIpc) is 3.38. The number of nitriles is 1. The first-order chi connectivity index (χ1) is 34.4. The first kappa shape index (κ1) is 28.1. The van der Waals surface area contributed by atoms with Crippen LogP contribution in [0.2, 0.25) is 0 Å². The van der Waals surface area contributed by atoms with E-state index in [2.05, 4.69) is 10.9 Å². The normalized spacial score (nSPS) is 13.5. The Bertz CT molecular complexity index is 3710. The minimum absolute atomic E-state index is 0.255. The Morgan fingerprint density at radius 1 is 0.484 bits per heavy atom. The van der Waals surface area contributed by atoms with Crippen molar-refractivity contribution in [3.05, 3.63) is 222 Å². The van der Waals surface area contributed by atoms with Crippen LogP contribution in [0.4, 0.5) is 57.4 Å². The maximum absolute atomic E-state index is 16.7. The lowest BCUT2D eigenvalue weighted by molar-refractivity contribution is 0.586. The van der Waals surface area contributed by atoms with E-state index in [9.17, 15) is 5.26 Å². The monoisotopic (exact) mass is 820 g/mol. The quantitative estimate of drug-likeness (QED) is 0.0870. The zero-order valence-electron chi connectivity index (χ0n) is 41.8. The number of rotatable bonds is 8. The van der Waals surface area contributed by atoms with Crippen molar-refractivity contribution < 1.29 is 31.3 Å². The van der Waals surface area contributed by atoms with Crippen LogP contribution in [0.15, 0.2) is 182 Å². The minimum Gasteiger partial charge on any atom is -0.307 e. The molecular formula is C54H30F4N4. The van der Waals surface area contributed by atoms with E-state index in [0.29, 0.717) is 61.5 Å². The van der Waals surface area contributed by atoms with Crippen LogP contribution >= 0.6 is 0 Å². The minimum atomic E-state index is -1.19. The summed E-state index contributed by atoms with van der Waals surface area (Å²) in [6, 6.07) is 24.6. The second kappa shape index (κ2) is 15.3. The van der Waals surface area contributed by atoms with E-state index in [4.69, 9.17) is 20.3 Å². The lowest BCUT2D eigenvalue weighted by Gasteiger charge is -2.30. The molecule has 0 heterocycles. The third-order valence-electron chi connectivity index (χ3n) is 10.7. The number of hydrogen-bond donors (Lipinski definition) is 0. The van der Waals surface area contributed by atoms with Gasteiger partial charge in [-0.05, 0) is 93.3 Å². The number of nitrogens with zero attached hydrogens (tertiary/aromatic N) is 4. The summed E-state index contributed by atoms with van der Waals surface area (Å²) < 4.78 is 149. The molecule has 62 heavy (non-hydrogen) atoms. The van der Waals surface area contributed by atoms with Crippen LogP contribution in [-0.4, -0.2) is 0 Å². The number of halogens is 4. The molecule has 0 amide bonds. The van der Waals surface area contributed by atoms with E-state index < -0.39 is 106 Å². The fourth-order valence-corrected chi connectivity index (χ4v) is 7.91. The van der Waals surface area contributed by atoms with Crippen molar-refractivity contribution in [1.82, 2.24) is 0 Å². The molecule has 0 unspecified atom stereocenters. The van der Waals surface area contributed by atoms with Gasteiger partial charge in [0.25, 0.3) is 0 Å². The summed E-state index contributed by atoms with van der Waals surface area (Å²) >= 11 is 0. The highest BCUT2D eigenvalue weighted by atomic mass is 19.1. The van der Waals surface area contributed by atoms with Crippen LogP contribution in [-0.2, 0) is 0 Å². The fourth-order valence-electron chi connectivity index (χ4n) is 7.91. The van der Waals surface area contributed by atoms with Crippen LogP contribution in [0.5, 0.6) is 0 Å². The van der Waals surface area contributed by atoms with Gasteiger partial charge in [-0.3, -0.25) is 0 Å². The fraction of sp³-hybridized carbons (Fsp3) is 0. The van der Waals surface area contributed by atoms with E-state index in [1.165, 1.54) is 34.1 Å².